The first kappa shape index (κ1) is 13.1. The predicted molar refractivity (Wildman–Crippen MR) is 65.8 cm³/mol. The van der Waals surface area contributed by atoms with E-state index in [1.165, 1.54) is 22.5 Å². The van der Waals surface area contributed by atoms with Gasteiger partial charge < -0.3 is 5.11 Å². The molecule has 0 unspecified atom stereocenters. The first-order chi connectivity index (χ1) is 7.91. The van der Waals surface area contributed by atoms with E-state index in [1.54, 1.807) is 0 Å². The number of hydrogen-bond acceptors (Lipinski definition) is 3. The highest BCUT2D eigenvalue weighted by Crippen LogP contribution is 2.29. The van der Waals surface area contributed by atoms with Gasteiger partial charge in [0.25, 0.3) is 0 Å². The molecule has 1 fully saturated rings. The molecule has 1 heterocycles. The molecule has 1 atom stereocenters. The molecule has 0 bridgehead atoms. The molecule has 1 aromatic rings. The van der Waals surface area contributed by atoms with E-state index < -0.39 is 16.1 Å². The highest BCUT2D eigenvalue weighted by atomic mass is 35.5. The summed E-state index contributed by atoms with van der Waals surface area (Å²) in [4.78, 5) is -0.0132. The summed E-state index contributed by atoms with van der Waals surface area (Å²) in [6, 6.07) is 4.30. The first-order valence-corrected chi connectivity index (χ1v) is 7.24. The van der Waals surface area contributed by atoms with Crippen LogP contribution in [0.15, 0.2) is 23.1 Å². The third kappa shape index (κ3) is 2.58. The van der Waals surface area contributed by atoms with Crippen LogP contribution < -0.4 is 0 Å². The molecule has 0 amide bonds. The van der Waals surface area contributed by atoms with Gasteiger partial charge in [-0.05, 0) is 24.6 Å². The Morgan fingerprint density at radius 2 is 2.06 bits per heavy atom. The molecule has 0 spiro atoms. The maximum Gasteiger partial charge on any atom is 0.244 e. The third-order valence-corrected chi connectivity index (χ3v) is 5.22. The maximum atomic E-state index is 12.2. The lowest BCUT2D eigenvalue weighted by Gasteiger charge is -2.16. The summed E-state index contributed by atoms with van der Waals surface area (Å²) in [5, 5.41) is 9.82. The largest absolute Gasteiger partial charge is 0.392 e. The predicted octanol–water partition coefficient (Wildman–Crippen LogP) is 1.75. The summed E-state index contributed by atoms with van der Waals surface area (Å²) >= 11 is 11.6. The topological polar surface area (TPSA) is 57.6 Å². The molecule has 94 valence electrons. The minimum atomic E-state index is -3.67. The van der Waals surface area contributed by atoms with Crippen molar-refractivity contribution < 1.29 is 13.5 Å². The second-order valence-corrected chi connectivity index (χ2v) is 6.63. The lowest BCUT2D eigenvalue weighted by Crippen LogP contribution is -2.29. The first-order valence-electron chi connectivity index (χ1n) is 5.04. The van der Waals surface area contributed by atoms with Crippen LogP contribution in [0.5, 0.6) is 0 Å². The van der Waals surface area contributed by atoms with Gasteiger partial charge in [-0.25, -0.2) is 8.42 Å². The molecule has 1 aliphatic heterocycles. The third-order valence-electron chi connectivity index (χ3n) is 2.64. The number of nitrogens with zero attached hydrogens (tertiary/aromatic N) is 1. The lowest BCUT2D eigenvalue weighted by molar-refractivity contribution is 0.189. The van der Waals surface area contributed by atoms with Crippen LogP contribution in [0.2, 0.25) is 10.0 Å². The van der Waals surface area contributed by atoms with E-state index in [2.05, 4.69) is 0 Å². The van der Waals surface area contributed by atoms with Crippen LogP contribution >= 0.6 is 23.2 Å². The van der Waals surface area contributed by atoms with Crippen molar-refractivity contribution in [3.05, 3.63) is 28.2 Å². The number of rotatable bonds is 2. The summed E-state index contributed by atoms with van der Waals surface area (Å²) in [7, 11) is -3.67. The summed E-state index contributed by atoms with van der Waals surface area (Å²) in [5.41, 5.74) is 0. The van der Waals surface area contributed by atoms with Crippen LogP contribution in [0.1, 0.15) is 6.42 Å². The highest BCUT2D eigenvalue weighted by Gasteiger charge is 2.32. The lowest BCUT2D eigenvalue weighted by atomic mass is 10.3. The van der Waals surface area contributed by atoms with Crippen LogP contribution in [-0.4, -0.2) is 37.0 Å². The Labute approximate surface area is 110 Å². The van der Waals surface area contributed by atoms with Gasteiger partial charge in [-0.1, -0.05) is 23.2 Å². The van der Waals surface area contributed by atoms with Gasteiger partial charge in [-0.3, -0.25) is 0 Å². The average Bonchev–Trinajstić information content (AvgIpc) is 2.69. The zero-order valence-electron chi connectivity index (χ0n) is 8.81. The van der Waals surface area contributed by atoms with Gasteiger partial charge in [0.1, 0.15) is 4.90 Å². The van der Waals surface area contributed by atoms with Crippen molar-refractivity contribution in [3.8, 4) is 0 Å². The molecule has 0 aromatic heterocycles. The minimum Gasteiger partial charge on any atom is -0.392 e. The van der Waals surface area contributed by atoms with E-state index in [1.807, 2.05) is 0 Å². The maximum absolute atomic E-state index is 12.2. The van der Waals surface area contributed by atoms with Gasteiger partial charge in [0, 0.05) is 18.1 Å². The SMILES string of the molecule is O=S(=O)(c1cc(Cl)ccc1Cl)N1CC[C@@H](O)C1. The van der Waals surface area contributed by atoms with Crippen LogP contribution in [0.25, 0.3) is 0 Å². The minimum absolute atomic E-state index is 0.0132. The molecule has 1 aromatic carbocycles. The molecule has 1 aliphatic rings. The molecule has 0 aliphatic carbocycles. The normalized spacial score (nSPS) is 21.9. The van der Waals surface area contributed by atoms with Crippen molar-refractivity contribution in [1.82, 2.24) is 4.31 Å². The highest BCUT2D eigenvalue weighted by molar-refractivity contribution is 7.89. The fraction of sp³-hybridized carbons (Fsp3) is 0.400. The van der Waals surface area contributed by atoms with Crippen molar-refractivity contribution >= 4 is 33.2 Å². The van der Waals surface area contributed by atoms with Gasteiger partial charge in [-0.2, -0.15) is 4.31 Å². The van der Waals surface area contributed by atoms with Gasteiger partial charge in [0.15, 0.2) is 0 Å². The Bertz CT molecular complexity index is 532. The molecule has 2 rings (SSSR count). The Balaban J connectivity index is 2.41. The van der Waals surface area contributed by atoms with Crippen LogP contribution in [0.4, 0.5) is 0 Å². The van der Waals surface area contributed by atoms with Gasteiger partial charge in [0.2, 0.25) is 10.0 Å². The zero-order valence-corrected chi connectivity index (χ0v) is 11.1. The van der Waals surface area contributed by atoms with E-state index in [-0.39, 0.29) is 16.5 Å². The summed E-state index contributed by atoms with van der Waals surface area (Å²) < 4.78 is 25.7. The Morgan fingerprint density at radius 3 is 2.65 bits per heavy atom. The Hall–Kier alpha value is -0.330. The van der Waals surface area contributed by atoms with Gasteiger partial charge >= 0.3 is 0 Å². The molecule has 0 saturated carbocycles. The molecule has 0 radical (unpaired) electrons. The number of benzene rings is 1. The standard InChI is InChI=1S/C10H11Cl2NO3S/c11-7-1-2-9(12)10(5-7)17(15,16)13-4-3-8(14)6-13/h1-2,5,8,14H,3-4,6H2/t8-/m1/s1. The van der Waals surface area contributed by atoms with Crippen molar-refractivity contribution in [2.45, 2.75) is 17.4 Å². The molecule has 7 heteroatoms. The zero-order chi connectivity index (χ0) is 12.6. The number of hydrogen-bond donors (Lipinski definition) is 1. The summed E-state index contributed by atoms with van der Waals surface area (Å²) in [6.07, 6.45) is -0.167. The molecule has 4 nitrogen and oxygen atoms in total. The number of β-amino-alcohol motifs (C(OH)–C–C–N with tert-alkyl or cyclic N) is 1. The number of sulfonamides is 1. The van der Waals surface area contributed by atoms with Crippen molar-refractivity contribution in [2.24, 2.45) is 0 Å². The fourth-order valence-electron chi connectivity index (χ4n) is 1.74. The second-order valence-electron chi connectivity index (χ2n) is 3.88. The summed E-state index contributed by atoms with van der Waals surface area (Å²) in [5.74, 6) is 0. The molecule has 1 N–H and O–H groups in total. The second kappa shape index (κ2) is 4.74. The van der Waals surface area contributed by atoms with Crippen LogP contribution in [0.3, 0.4) is 0 Å². The van der Waals surface area contributed by atoms with Crippen LogP contribution in [0, 0.1) is 0 Å². The van der Waals surface area contributed by atoms with Crippen molar-refractivity contribution in [3.63, 3.8) is 0 Å². The van der Waals surface area contributed by atoms with Crippen molar-refractivity contribution in [1.29, 1.82) is 0 Å². The fourth-order valence-corrected chi connectivity index (χ4v) is 3.97. The number of aliphatic hydroxyl groups is 1. The molecule has 17 heavy (non-hydrogen) atoms. The number of aliphatic hydroxyl groups excluding tert-OH is 1. The Kier molecular flexibility index (Phi) is 3.66. The quantitative estimate of drug-likeness (QED) is 0.904. The molecular weight excluding hydrogens is 285 g/mol. The van der Waals surface area contributed by atoms with Crippen LogP contribution in [-0.2, 0) is 10.0 Å². The van der Waals surface area contributed by atoms with E-state index in [9.17, 15) is 13.5 Å². The number of halogens is 2. The van der Waals surface area contributed by atoms with E-state index >= 15 is 0 Å². The summed E-state index contributed by atoms with van der Waals surface area (Å²) in [6.45, 7) is 0.400. The smallest absolute Gasteiger partial charge is 0.244 e. The Morgan fingerprint density at radius 1 is 1.35 bits per heavy atom. The monoisotopic (exact) mass is 295 g/mol. The van der Waals surface area contributed by atoms with Crippen molar-refractivity contribution in [2.75, 3.05) is 13.1 Å². The van der Waals surface area contributed by atoms with Gasteiger partial charge in [0.05, 0.1) is 11.1 Å². The van der Waals surface area contributed by atoms with Gasteiger partial charge in [-0.15, -0.1) is 0 Å². The van der Waals surface area contributed by atoms with E-state index in [4.69, 9.17) is 23.2 Å². The molecule has 1 saturated heterocycles. The van der Waals surface area contributed by atoms with E-state index in [0.29, 0.717) is 18.0 Å². The van der Waals surface area contributed by atoms with E-state index in [0.717, 1.165) is 0 Å². The molecular formula is C10H11Cl2NO3S. The average molecular weight is 296 g/mol.